The molecule has 0 radical (unpaired) electrons. The number of amides is 2. The van der Waals surface area contributed by atoms with Gasteiger partial charge in [-0.2, -0.15) is 0 Å². The molecule has 1 fully saturated rings. The quantitative estimate of drug-likeness (QED) is 0.271. The van der Waals surface area contributed by atoms with Crippen LogP contribution in [0.5, 0.6) is 0 Å². The van der Waals surface area contributed by atoms with Gasteiger partial charge in [0, 0.05) is 6.54 Å². The lowest BCUT2D eigenvalue weighted by Gasteiger charge is -2.33. The molecule has 0 N–H and O–H groups in total. The summed E-state index contributed by atoms with van der Waals surface area (Å²) in [6.07, 6.45) is 0. The smallest absolute Gasteiger partial charge is 0.397 e. The summed E-state index contributed by atoms with van der Waals surface area (Å²) in [5.74, 6) is -2.33. The first-order chi connectivity index (χ1) is 5.57. The Hall–Kier alpha value is -1.39. The molecule has 0 aliphatic carbocycles. The molecular formula is C7H9NO4. The van der Waals surface area contributed by atoms with Crippen molar-refractivity contribution >= 4 is 17.8 Å². The molecule has 0 aromatic carbocycles. The maximum Gasteiger partial charge on any atom is 0.397 e. The van der Waals surface area contributed by atoms with Crippen LogP contribution >= 0.6 is 0 Å². The fourth-order valence-corrected chi connectivity index (χ4v) is 0.976. The Balaban J connectivity index is 2.57. The van der Waals surface area contributed by atoms with Gasteiger partial charge in [-0.1, -0.05) is 6.92 Å². The molecule has 5 heteroatoms. The van der Waals surface area contributed by atoms with Gasteiger partial charge in [0.2, 0.25) is 5.91 Å². The molecule has 1 heterocycles. The molecule has 1 atom stereocenters. The molecule has 1 aliphatic heterocycles. The maximum absolute atomic E-state index is 10.9. The first-order valence-electron chi connectivity index (χ1n) is 3.51. The first-order valence-corrected chi connectivity index (χ1v) is 3.51. The number of hydrogen-bond donors (Lipinski definition) is 0. The molecular weight excluding hydrogens is 162 g/mol. The number of carbonyl (C=O) groups excluding carboxylic acids is 3. The third-order valence-corrected chi connectivity index (χ3v) is 1.75. The number of carbonyl (C=O) groups is 3. The average molecular weight is 171 g/mol. The van der Waals surface area contributed by atoms with Crippen LogP contribution in [0.2, 0.25) is 0 Å². The van der Waals surface area contributed by atoms with E-state index in [-0.39, 0.29) is 11.8 Å². The summed E-state index contributed by atoms with van der Waals surface area (Å²) in [5.41, 5.74) is 0. The predicted octanol–water partition coefficient (Wildman–Crippen LogP) is -0.836. The lowest BCUT2D eigenvalue weighted by molar-refractivity contribution is -0.168. The van der Waals surface area contributed by atoms with E-state index in [0.29, 0.717) is 6.54 Å². The van der Waals surface area contributed by atoms with E-state index < -0.39 is 11.9 Å². The number of methoxy groups -OCH3 is 1. The first kappa shape index (κ1) is 8.70. The predicted molar refractivity (Wildman–Crippen MR) is 37.9 cm³/mol. The molecule has 0 aromatic rings. The summed E-state index contributed by atoms with van der Waals surface area (Å²) in [4.78, 5) is 33.4. The monoisotopic (exact) mass is 171 g/mol. The fourth-order valence-electron chi connectivity index (χ4n) is 0.976. The molecule has 1 rings (SSSR count). The number of esters is 1. The van der Waals surface area contributed by atoms with Crippen LogP contribution in [0.15, 0.2) is 0 Å². The van der Waals surface area contributed by atoms with Crippen LogP contribution in [0.25, 0.3) is 0 Å². The minimum atomic E-state index is -0.991. The topological polar surface area (TPSA) is 63.7 Å². The normalized spacial score (nSPS) is 21.7. The summed E-state index contributed by atoms with van der Waals surface area (Å²) in [6.45, 7) is 2.01. The van der Waals surface area contributed by atoms with Crippen LogP contribution in [-0.4, -0.2) is 36.3 Å². The van der Waals surface area contributed by atoms with Gasteiger partial charge in [-0.05, 0) is 0 Å². The van der Waals surface area contributed by atoms with E-state index in [1.165, 1.54) is 0 Å². The highest BCUT2D eigenvalue weighted by Crippen LogP contribution is 2.16. The van der Waals surface area contributed by atoms with Gasteiger partial charge in [0.15, 0.2) is 0 Å². The van der Waals surface area contributed by atoms with Gasteiger partial charge in [0.05, 0.1) is 13.0 Å². The van der Waals surface area contributed by atoms with Crippen LogP contribution in [0, 0.1) is 5.92 Å². The summed E-state index contributed by atoms with van der Waals surface area (Å²) < 4.78 is 4.17. The zero-order valence-electron chi connectivity index (χ0n) is 6.86. The van der Waals surface area contributed by atoms with Crippen LogP contribution in [0.4, 0.5) is 0 Å². The lowest BCUT2D eigenvalue weighted by Crippen LogP contribution is -2.56. The molecule has 1 saturated heterocycles. The Labute approximate surface area is 69.3 Å². The van der Waals surface area contributed by atoms with Crippen molar-refractivity contribution in [2.24, 2.45) is 5.92 Å². The molecule has 66 valence electrons. The van der Waals surface area contributed by atoms with E-state index in [9.17, 15) is 14.4 Å². The Kier molecular flexibility index (Phi) is 2.12. The van der Waals surface area contributed by atoms with Crippen molar-refractivity contribution in [2.45, 2.75) is 6.92 Å². The number of β-lactam (4-membered cyclic amide) rings is 1. The zero-order chi connectivity index (χ0) is 9.30. The lowest BCUT2D eigenvalue weighted by atomic mass is 10.0. The van der Waals surface area contributed by atoms with Gasteiger partial charge in [-0.25, -0.2) is 4.79 Å². The molecule has 12 heavy (non-hydrogen) atoms. The fraction of sp³-hybridized carbons (Fsp3) is 0.571. The molecule has 0 bridgehead atoms. The molecule has 0 aromatic heterocycles. The van der Waals surface area contributed by atoms with E-state index in [0.717, 1.165) is 12.0 Å². The van der Waals surface area contributed by atoms with Crippen molar-refractivity contribution in [3.63, 3.8) is 0 Å². The van der Waals surface area contributed by atoms with E-state index in [4.69, 9.17) is 0 Å². The van der Waals surface area contributed by atoms with Crippen molar-refractivity contribution < 1.29 is 19.1 Å². The van der Waals surface area contributed by atoms with Crippen molar-refractivity contribution in [3.8, 4) is 0 Å². The van der Waals surface area contributed by atoms with Crippen LogP contribution in [-0.2, 0) is 19.1 Å². The zero-order valence-corrected chi connectivity index (χ0v) is 6.86. The third-order valence-electron chi connectivity index (χ3n) is 1.75. The van der Waals surface area contributed by atoms with Gasteiger partial charge in [0.1, 0.15) is 0 Å². The number of rotatable bonds is 0. The number of likely N-dealkylation sites (tertiary alicyclic amines) is 1. The van der Waals surface area contributed by atoms with Crippen molar-refractivity contribution in [1.29, 1.82) is 0 Å². The Morgan fingerprint density at radius 2 is 2.17 bits per heavy atom. The summed E-state index contributed by atoms with van der Waals surface area (Å²) >= 11 is 0. The van der Waals surface area contributed by atoms with Crippen LogP contribution in [0.3, 0.4) is 0 Å². The number of imide groups is 1. The van der Waals surface area contributed by atoms with Gasteiger partial charge in [0.25, 0.3) is 0 Å². The van der Waals surface area contributed by atoms with E-state index in [1.807, 2.05) is 0 Å². The van der Waals surface area contributed by atoms with Crippen molar-refractivity contribution in [2.75, 3.05) is 13.7 Å². The van der Waals surface area contributed by atoms with Crippen LogP contribution in [0.1, 0.15) is 6.92 Å². The van der Waals surface area contributed by atoms with Gasteiger partial charge >= 0.3 is 11.9 Å². The van der Waals surface area contributed by atoms with Crippen molar-refractivity contribution in [1.82, 2.24) is 4.90 Å². The minimum absolute atomic E-state index is 0.154. The summed E-state index contributed by atoms with van der Waals surface area (Å²) in [7, 11) is 1.11. The van der Waals surface area contributed by atoms with Gasteiger partial charge in [-0.15, -0.1) is 0 Å². The Morgan fingerprint density at radius 3 is 2.50 bits per heavy atom. The molecule has 1 aliphatic rings. The molecule has 1 unspecified atom stereocenters. The van der Waals surface area contributed by atoms with E-state index >= 15 is 0 Å². The number of hydrogen-bond acceptors (Lipinski definition) is 4. The van der Waals surface area contributed by atoms with E-state index in [1.54, 1.807) is 6.92 Å². The second-order valence-electron chi connectivity index (χ2n) is 2.65. The third kappa shape index (κ3) is 1.17. The number of ether oxygens (including phenoxy) is 1. The SMILES string of the molecule is COC(=O)C(=O)N1CC(C)C1=O. The maximum atomic E-state index is 10.9. The second kappa shape index (κ2) is 2.92. The highest BCUT2D eigenvalue weighted by Gasteiger charge is 2.40. The number of nitrogens with zero attached hydrogens (tertiary/aromatic N) is 1. The Bertz CT molecular complexity index is 248. The standard InChI is InChI=1S/C7H9NO4/c1-4-3-8(5(4)9)6(10)7(11)12-2/h4H,3H2,1-2H3. The molecule has 2 amide bonds. The highest BCUT2D eigenvalue weighted by atomic mass is 16.5. The average Bonchev–Trinajstić information content (AvgIpc) is 2.10. The van der Waals surface area contributed by atoms with Gasteiger partial charge < -0.3 is 4.74 Å². The molecule has 0 saturated carbocycles. The summed E-state index contributed by atoms with van der Waals surface area (Å²) in [5, 5.41) is 0. The molecule has 5 nitrogen and oxygen atoms in total. The summed E-state index contributed by atoms with van der Waals surface area (Å²) in [6, 6.07) is 0. The van der Waals surface area contributed by atoms with Gasteiger partial charge in [-0.3, -0.25) is 14.5 Å². The minimum Gasteiger partial charge on any atom is -0.462 e. The largest absolute Gasteiger partial charge is 0.462 e. The van der Waals surface area contributed by atoms with Crippen LogP contribution < -0.4 is 0 Å². The second-order valence-corrected chi connectivity index (χ2v) is 2.65. The Morgan fingerprint density at radius 1 is 1.58 bits per heavy atom. The highest BCUT2D eigenvalue weighted by molar-refractivity contribution is 6.36. The van der Waals surface area contributed by atoms with Crippen molar-refractivity contribution in [3.05, 3.63) is 0 Å². The van der Waals surface area contributed by atoms with E-state index in [2.05, 4.69) is 4.74 Å². The molecule has 0 spiro atoms.